The third kappa shape index (κ3) is 2.47. The summed E-state index contributed by atoms with van der Waals surface area (Å²) in [6, 6.07) is 3.99. The molecule has 1 aromatic rings. The second-order valence-electron chi connectivity index (χ2n) is 3.78. The Morgan fingerprint density at radius 3 is 3.00 bits per heavy atom. The van der Waals surface area contributed by atoms with E-state index in [2.05, 4.69) is 5.32 Å². The van der Waals surface area contributed by atoms with E-state index in [1.807, 2.05) is 0 Å². The average molecular weight is 240 g/mol. The SMILES string of the molecule is Nc1cc(F)ccc1NC(=O)C1CCSC1. The molecule has 1 aliphatic heterocycles. The van der Waals surface area contributed by atoms with Gasteiger partial charge in [-0.2, -0.15) is 11.8 Å². The third-order valence-corrected chi connectivity index (χ3v) is 3.73. The van der Waals surface area contributed by atoms with Gasteiger partial charge in [-0.3, -0.25) is 4.79 Å². The first-order valence-corrected chi connectivity index (χ1v) is 6.26. The first-order valence-electron chi connectivity index (χ1n) is 5.10. The Bertz CT molecular complexity index is 405. The maximum atomic E-state index is 12.8. The second-order valence-corrected chi connectivity index (χ2v) is 4.93. The highest BCUT2D eigenvalue weighted by Gasteiger charge is 2.23. The topological polar surface area (TPSA) is 55.1 Å². The molecule has 16 heavy (non-hydrogen) atoms. The fourth-order valence-electron chi connectivity index (χ4n) is 1.62. The van der Waals surface area contributed by atoms with E-state index in [0.717, 1.165) is 17.9 Å². The Morgan fingerprint density at radius 2 is 2.38 bits per heavy atom. The molecule has 1 fully saturated rings. The smallest absolute Gasteiger partial charge is 0.228 e. The summed E-state index contributed by atoms with van der Waals surface area (Å²) in [5, 5.41) is 2.74. The van der Waals surface area contributed by atoms with Gasteiger partial charge in [-0.15, -0.1) is 0 Å². The van der Waals surface area contributed by atoms with Gasteiger partial charge in [-0.05, 0) is 30.4 Å². The molecule has 0 aromatic heterocycles. The highest BCUT2D eigenvalue weighted by molar-refractivity contribution is 7.99. The van der Waals surface area contributed by atoms with Gasteiger partial charge in [0.15, 0.2) is 0 Å². The van der Waals surface area contributed by atoms with Gasteiger partial charge in [0, 0.05) is 11.7 Å². The van der Waals surface area contributed by atoms with E-state index in [1.165, 1.54) is 18.2 Å². The molecule has 3 N–H and O–H groups in total. The summed E-state index contributed by atoms with van der Waals surface area (Å²) in [5.74, 6) is 1.51. The molecule has 1 aromatic carbocycles. The van der Waals surface area contributed by atoms with Crippen LogP contribution in [0.3, 0.4) is 0 Å². The number of nitrogens with one attached hydrogen (secondary N) is 1. The van der Waals surface area contributed by atoms with Gasteiger partial charge in [0.25, 0.3) is 0 Å². The summed E-state index contributed by atoms with van der Waals surface area (Å²) in [6.07, 6.45) is 0.900. The van der Waals surface area contributed by atoms with Crippen LogP contribution in [0.2, 0.25) is 0 Å². The maximum absolute atomic E-state index is 12.8. The van der Waals surface area contributed by atoms with E-state index in [-0.39, 0.29) is 17.5 Å². The summed E-state index contributed by atoms with van der Waals surface area (Å²) in [4.78, 5) is 11.8. The molecule has 1 amide bonds. The average Bonchev–Trinajstić information content (AvgIpc) is 2.75. The molecule has 0 saturated carbocycles. The number of hydrogen-bond acceptors (Lipinski definition) is 3. The molecule has 5 heteroatoms. The van der Waals surface area contributed by atoms with Gasteiger partial charge in [0.05, 0.1) is 11.4 Å². The van der Waals surface area contributed by atoms with Gasteiger partial charge in [0.1, 0.15) is 5.82 Å². The predicted octanol–water partition coefficient (Wildman–Crippen LogP) is 2.10. The van der Waals surface area contributed by atoms with Crippen molar-refractivity contribution in [2.75, 3.05) is 22.6 Å². The molecule has 0 radical (unpaired) electrons. The van der Waals surface area contributed by atoms with Crippen molar-refractivity contribution >= 4 is 29.0 Å². The van der Waals surface area contributed by atoms with Crippen LogP contribution < -0.4 is 11.1 Å². The van der Waals surface area contributed by atoms with Crippen molar-refractivity contribution in [1.82, 2.24) is 0 Å². The molecule has 1 atom stereocenters. The zero-order valence-corrected chi connectivity index (χ0v) is 9.52. The summed E-state index contributed by atoms with van der Waals surface area (Å²) in [7, 11) is 0. The summed E-state index contributed by atoms with van der Waals surface area (Å²) in [6.45, 7) is 0. The molecule has 1 unspecified atom stereocenters. The molecule has 1 saturated heterocycles. The largest absolute Gasteiger partial charge is 0.397 e. The number of benzene rings is 1. The minimum atomic E-state index is -0.396. The number of amides is 1. The fraction of sp³-hybridized carbons (Fsp3) is 0.364. The number of hydrogen-bond donors (Lipinski definition) is 2. The first kappa shape index (κ1) is 11.3. The van der Waals surface area contributed by atoms with E-state index in [0.29, 0.717) is 5.69 Å². The van der Waals surface area contributed by atoms with Crippen molar-refractivity contribution in [2.45, 2.75) is 6.42 Å². The normalized spacial score (nSPS) is 19.7. The maximum Gasteiger partial charge on any atom is 0.228 e. The number of anilines is 2. The number of thioether (sulfide) groups is 1. The molecule has 0 spiro atoms. The van der Waals surface area contributed by atoms with Crippen molar-refractivity contribution in [3.05, 3.63) is 24.0 Å². The molecule has 0 aliphatic carbocycles. The lowest BCUT2D eigenvalue weighted by Gasteiger charge is -2.11. The van der Waals surface area contributed by atoms with Crippen LogP contribution in [0.4, 0.5) is 15.8 Å². The van der Waals surface area contributed by atoms with Crippen LogP contribution in [0.5, 0.6) is 0 Å². The Morgan fingerprint density at radius 1 is 1.56 bits per heavy atom. The van der Waals surface area contributed by atoms with E-state index >= 15 is 0 Å². The molecule has 3 nitrogen and oxygen atoms in total. The molecule has 0 bridgehead atoms. The Balaban J connectivity index is 2.05. The predicted molar refractivity (Wildman–Crippen MR) is 64.9 cm³/mol. The lowest BCUT2D eigenvalue weighted by molar-refractivity contribution is -0.119. The summed E-state index contributed by atoms with van der Waals surface area (Å²) in [5.41, 5.74) is 6.36. The molecular weight excluding hydrogens is 227 g/mol. The minimum absolute atomic E-state index is 0.0247. The van der Waals surface area contributed by atoms with E-state index in [4.69, 9.17) is 5.73 Å². The summed E-state index contributed by atoms with van der Waals surface area (Å²) >= 11 is 1.78. The van der Waals surface area contributed by atoms with Gasteiger partial charge < -0.3 is 11.1 Å². The van der Waals surface area contributed by atoms with Gasteiger partial charge >= 0.3 is 0 Å². The molecule has 86 valence electrons. The summed E-state index contributed by atoms with van der Waals surface area (Å²) < 4.78 is 12.8. The molecule has 1 aliphatic rings. The van der Waals surface area contributed by atoms with Crippen molar-refractivity contribution in [1.29, 1.82) is 0 Å². The van der Waals surface area contributed by atoms with Gasteiger partial charge in [-0.25, -0.2) is 4.39 Å². The highest BCUT2D eigenvalue weighted by Crippen LogP contribution is 2.26. The van der Waals surface area contributed by atoms with Crippen molar-refractivity contribution in [2.24, 2.45) is 5.92 Å². The molecule has 2 rings (SSSR count). The van der Waals surface area contributed by atoms with E-state index in [1.54, 1.807) is 11.8 Å². The molecular formula is C11H13FN2OS. The minimum Gasteiger partial charge on any atom is -0.397 e. The number of carbonyl (C=O) groups is 1. The second kappa shape index (κ2) is 4.74. The van der Waals surface area contributed by atoms with Crippen molar-refractivity contribution in [3.63, 3.8) is 0 Å². The van der Waals surface area contributed by atoms with Crippen LogP contribution in [0.1, 0.15) is 6.42 Å². The van der Waals surface area contributed by atoms with Gasteiger partial charge in [0.2, 0.25) is 5.91 Å². The van der Waals surface area contributed by atoms with E-state index < -0.39 is 5.82 Å². The number of carbonyl (C=O) groups excluding carboxylic acids is 1. The van der Waals surface area contributed by atoms with Crippen LogP contribution in [-0.2, 0) is 4.79 Å². The Hall–Kier alpha value is -1.23. The highest BCUT2D eigenvalue weighted by atomic mass is 32.2. The van der Waals surface area contributed by atoms with Crippen LogP contribution in [-0.4, -0.2) is 17.4 Å². The third-order valence-electron chi connectivity index (χ3n) is 2.57. The van der Waals surface area contributed by atoms with Crippen LogP contribution in [0.25, 0.3) is 0 Å². The van der Waals surface area contributed by atoms with E-state index in [9.17, 15) is 9.18 Å². The van der Waals surface area contributed by atoms with Crippen LogP contribution in [0.15, 0.2) is 18.2 Å². The fourth-order valence-corrected chi connectivity index (χ4v) is 2.84. The Labute approximate surface area is 97.6 Å². The van der Waals surface area contributed by atoms with Crippen LogP contribution >= 0.6 is 11.8 Å². The number of rotatable bonds is 2. The zero-order chi connectivity index (χ0) is 11.5. The number of halogens is 1. The van der Waals surface area contributed by atoms with Gasteiger partial charge in [-0.1, -0.05) is 0 Å². The molecule has 1 heterocycles. The Kier molecular flexibility index (Phi) is 3.33. The number of nitrogen functional groups attached to an aromatic ring is 1. The standard InChI is InChI=1S/C11H13FN2OS/c12-8-1-2-10(9(13)5-8)14-11(15)7-3-4-16-6-7/h1-2,5,7H,3-4,6,13H2,(H,14,15). The lowest BCUT2D eigenvalue weighted by Crippen LogP contribution is -2.22. The van der Waals surface area contributed by atoms with Crippen molar-refractivity contribution in [3.8, 4) is 0 Å². The quantitative estimate of drug-likeness (QED) is 0.778. The monoisotopic (exact) mass is 240 g/mol. The zero-order valence-electron chi connectivity index (χ0n) is 8.70. The number of nitrogens with two attached hydrogens (primary N) is 1. The lowest BCUT2D eigenvalue weighted by atomic mass is 10.1. The van der Waals surface area contributed by atoms with Crippen molar-refractivity contribution < 1.29 is 9.18 Å². The van der Waals surface area contributed by atoms with Crippen LogP contribution in [0, 0.1) is 11.7 Å². The first-order chi connectivity index (χ1) is 7.66.